The van der Waals surface area contributed by atoms with Crippen molar-refractivity contribution in [1.29, 1.82) is 0 Å². The maximum Gasteiger partial charge on any atom is 0.167 e. The molecular formula is C24H30N8O8Y-2. The normalized spacial score (nSPS) is 33.1. The molecule has 6 heterocycles. The van der Waals surface area contributed by atoms with Gasteiger partial charge < -0.3 is 59.2 Å². The number of aliphatic hydroxyl groups is 6. The zero-order valence-corrected chi connectivity index (χ0v) is 25.1. The van der Waals surface area contributed by atoms with E-state index >= 15 is 0 Å². The molecule has 2 saturated heterocycles. The molecular weight excluding hydrogens is 617 g/mol. The van der Waals surface area contributed by atoms with Crippen LogP contribution in [0.15, 0.2) is 25.3 Å². The summed E-state index contributed by atoms with van der Waals surface area (Å²) >= 11 is 0. The topological polar surface area (TPSA) is 227 Å². The number of hydrogen-bond acceptors (Lipinski definition) is 14. The van der Waals surface area contributed by atoms with E-state index in [1.54, 1.807) is 0 Å². The van der Waals surface area contributed by atoms with Crippen LogP contribution in [0.3, 0.4) is 0 Å². The molecule has 0 unspecified atom stereocenters. The molecule has 16 nitrogen and oxygen atoms in total. The first-order chi connectivity index (χ1) is 18.9. The Labute approximate surface area is 258 Å². The average Bonchev–Trinajstić information content (AvgIpc) is 3.65. The van der Waals surface area contributed by atoms with Crippen molar-refractivity contribution in [2.75, 3.05) is 13.2 Å². The molecule has 0 aliphatic carbocycles. The maximum absolute atomic E-state index is 10.4. The van der Waals surface area contributed by atoms with Gasteiger partial charge in [-0.1, -0.05) is 11.4 Å². The summed E-state index contributed by atoms with van der Waals surface area (Å²) in [5, 5.41) is 59.2. The molecule has 0 bridgehead atoms. The van der Waals surface area contributed by atoms with E-state index in [0.717, 1.165) is 0 Å². The van der Waals surface area contributed by atoms with Gasteiger partial charge in [-0.15, -0.1) is 0 Å². The second-order valence-electron chi connectivity index (χ2n) is 10.0. The molecule has 2 aliphatic rings. The fourth-order valence-corrected chi connectivity index (χ4v) is 4.92. The van der Waals surface area contributed by atoms with Crippen LogP contribution in [-0.2, 0) is 42.2 Å². The fourth-order valence-electron chi connectivity index (χ4n) is 4.92. The van der Waals surface area contributed by atoms with Crippen molar-refractivity contribution >= 4 is 22.3 Å². The fraction of sp³-hybridized carbons (Fsp3) is 0.500. The van der Waals surface area contributed by atoms with E-state index in [2.05, 4.69) is 43.8 Å². The van der Waals surface area contributed by atoms with Crippen LogP contribution in [0, 0.1) is 13.8 Å². The molecule has 0 amide bonds. The predicted molar refractivity (Wildman–Crippen MR) is 135 cm³/mol. The minimum Gasteiger partial charge on any atom is -0.394 e. The van der Waals surface area contributed by atoms with Crippen LogP contribution < -0.4 is 0 Å². The molecule has 1 radical (unpaired) electrons. The van der Waals surface area contributed by atoms with Crippen LogP contribution in [0.4, 0.5) is 0 Å². The van der Waals surface area contributed by atoms with E-state index in [1.165, 1.54) is 48.3 Å². The standard InChI is InChI=1S/2C12H15N4O4.Y/c2*1-6-8-10(14-4-13-6)16(5-15-8)11-12(2,19)9(18)7(3-17)20-11;/h2*4-5,7,9,11,17-19H,1,3H2,2H3;/q2*-1;/t2*7-,9-,11-,12-;/m11./s1. The van der Waals surface area contributed by atoms with Gasteiger partial charge in [0.15, 0.2) is 12.5 Å². The molecule has 17 heteroatoms. The van der Waals surface area contributed by atoms with Crippen molar-refractivity contribution in [2.45, 2.75) is 61.9 Å². The Kier molecular flexibility index (Phi) is 9.02. The minimum absolute atomic E-state index is 0. The quantitative estimate of drug-likeness (QED) is 0.132. The summed E-state index contributed by atoms with van der Waals surface area (Å²) in [7, 11) is 0. The number of fused-ring (bicyclic) bond motifs is 2. The number of hydrogen-bond donors (Lipinski definition) is 6. The second kappa shape index (κ2) is 11.7. The average molecular weight is 647 g/mol. The summed E-state index contributed by atoms with van der Waals surface area (Å²) in [5.74, 6) is 0. The Bertz CT molecular complexity index is 1400. The van der Waals surface area contributed by atoms with Gasteiger partial charge in [0.2, 0.25) is 0 Å². The molecule has 2 aliphatic heterocycles. The van der Waals surface area contributed by atoms with E-state index in [-0.39, 0.29) is 32.7 Å². The third-order valence-electron chi connectivity index (χ3n) is 7.24. The maximum atomic E-state index is 10.4. The van der Waals surface area contributed by atoms with Crippen LogP contribution in [0.5, 0.6) is 0 Å². The number of imidazole rings is 2. The van der Waals surface area contributed by atoms with Crippen molar-refractivity contribution in [3.8, 4) is 0 Å². The largest absolute Gasteiger partial charge is 0.394 e. The zero-order chi connectivity index (χ0) is 29.0. The van der Waals surface area contributed by atoms with Gasteiger partial charge in [-0.3, -0.25) is 9.97 Å². The van der Waals surface area contributed by atoms with Crippen molar-refractivity contribution < 1.29 is 72.8 Å². The van der Waals surface area contributed by atoms with Crippen LogP contribution in [0.1, 0.15) is 37.7 Å². The first-order valence-corrected chi connectivity index (χ1v) is 12.3. The summed E-state index contributed by atoms with van der Waals surface area (Å²) in [5.41, 5.74) is -0.346. The Morgan fingerprint density at radius 2 is 1.10 bits per heavy atom. The Hall–Kier alpha value is -2.38. The van der Waals surface area contributed by atoms with Gasteiger partial charge in [0.1, 0.15) is 48.3 Å². The van der Waals surface area contributed by atoms with E-state index in [0.29, 0.717) is 33.7 Å². The first kappa shape index (κ1) is 31.6. The van der Waals surface area contributed by atoms with Crippen LogP contribution in [0.2, 0.25) is 0 Å². The van der Waals surface area contributed by atoms with Gasteiger partial charge in [0, 0.05) is 32.7 Å². The molecule has 219 valence electrons. The van der Waals surface area contributed by atoms with Crippen molar-refractivity contribution in [2.24, 2.45) is 0 Å². The molecule has 2 fully saturated rings. The summed E-state index contributed by atoms with van der Waals surface area (Å²) in [6.45, 7) is 9.60. The SMILES string of the molecule is [CH2-]c1ncnc2c1ncn2[C@@H]1O[C@H](CO)[C@@H](O)[C@@]1(C)O.[CH2-]c1ncnc2c1ncn2[C@@H]1O[C@H](CO)[C@@H](O)[C@@]1(C)O.[Y]. The smallest absolute Gasteiger partial charge is 0.167 e. The summed E-state index contributed by atoms with van der Waals surface area (Å²) < 4.78 is 14.1. The number of nitrogens with zero attached hydrogens (tertiary/aromatic N) is 8. The van der Waals surface area contributed by atoms with E-state index in [9.17, 15) is 30.6 Å². The predicted octanol–water partition coefficient (Wildman–Crippen LogP) is -1.98. The third-order valence-corrected chi connectivity index (χ3v) is 7.24. The van der Waals surface area contributed by atoms with Crippen molar-refractivity contribution in [1.82, 2.24) is 39.0 Å². The number of aromatic nitrogens is 8. The molecule has 6 N–H and O–H groups in total. The third kappa shape index (κ3) is 5.22. The second-order valence-corrected chi connectivity index (χ2v) is 10.0. The Morgan fingerprint density at radius 1 is 0.732 bits per heavy atom. The molecule has 4 aromatic rings. The van der Waals surface area contributed by atoms with Crippen LogP contribution in [0.25, 0.3) is 22.3 Å². The van der Waals surface area contributed by atoms with Gasteiger partial charge in [-0.05, 0) is 24.9 Å². The monoisotopic (exact) mass is 647 g/mol. The van der Waals surface area contributed by atoms with Crippen molar-refractivity contribution in [3.05, 3.63) is 50.5 Å². The van der Waals surface area contributed by atoms with Crippen molar-refractivity contribution in [3.63, 3.8) is 0 Å². The van der Waals surface area contributed by atoms with Gasteiger partial charge in [0.05, 0.1) is 37.2 Å². The van der Waals surface area contributed by atoms with E-state index in [1.807, 2.05) is 0 Å². The van der Waals surface area contributed by atoms with E-state index < -0.39 is 61.3 Å². The molecule has 0 spiro atoms. The summed E-state index contributed by atoms with van der Waals surface area (Å²) in [6, 6.07) is 0. The van der Waals surface area contributed by atoms with Crippen LogP contribution >= 0.6 is 0 Å². The minimum atomic E-state index is -1.58. The zero-order valence-electron chi connectivity index (χ0n) is 22.3. The van der Waals surface area contributed by atoms with Crippen LogP contribution in [-0.4, -0.2) is 119 Å². The number of ether oxygens (including phenoxy) is 2. The van der Waals surface area contributed by atoms with Gasteiger partial charge in [-0.2, -0.15) is 0 Å². The number of rotatable bonds is 4. The molecule has 8 atom stereocenters. The molecule has 41 heavy (non-hydrogen) atoms. The Balaban J connectivity index is 0.000000184. The molecule has 0 aromatic carbocycles. The number of aliphatic hydroxyl groups excluding tert-OH is 4. The summed E-state index contributed by atoms with van der Waals surface area (Å²) in [6.07, 6.45) is -0.407. The van der Waals surface area contributed by atoms with E-state index in [4.69, 9.17) is 9.47 Å². The van der Waals surface area contributed by atoms with Gasteiger partial charge in [-0.25, -0.2) is 23.8 Å². The molecule has 6 rings (SSSR count). The summed E-state index contributed by atoms with van der Waals surface area (Å²) in [4.78, 5) is 24.4. The van der Waals surface area contributed by atoms with Gasteiger partial charge in [0.25, 0.3) is 0 Å². The molecule has 4 aromatic heterocycles. The Morgan fingerprint density at radius 3 is 1.41 bits per heavy atom. The first-order valence-electron chi connectivity index (χ1n) is 12.3. The molecule has 0 saturated carbocycles. The van der Waals surface area contributed by atoms with Gasteiger partial charge >= 0.3 is 0 Å².